The summed E-state index contributed by atoms with van der Waals surface area (Å²) in [6.45, 7) is 7.82. The zero-order chi connectivity index (χ0) is 21.4. The highest BCUT2D eigenvalue weighted by atomic mass is 16.6. The van der Waals surface area contributed by atoms with Gasteiger partial charge < -0.3 is 33.2 Å². The summed E-state index contributed by atoms with van der Waals surface area (Å²) in [5.41, 5.74) is 0. The van der Waals surface area contributed by atoms with Crippen molar-refractivity contribution in [2.45, 2.75) is 39.5 Å². The fourth-order valence-corrected chi connectivity index (χ4v) is 1.87. The lowest BCUT2D eigenvalue weighted by atomic mass is 10.4. The standard InChI is InChI=1S/C20H38O9/c1-3-5-7-23-9-11-25-13-15-28-19(21)17-27-18-20(22)29-16-14-26-12-10-24-8-6-4-2/h3-18H2,1-2H3. The van der Waals surface area contributed by atoms with Crippen LogP contribution in [0.2, 0.25) is 0 Å². The molecule has 0 saturated carbocycles. The average Bonchev–Trinajstić information content (AvgIpc) is 2.71. The second-order valence-corrected chi connectivity index (χ2v) is 6.09. The van der Waals surface area contributed by atoms with Crippen LogP contribution < -0.4 is 0 Å². The summed E-state index contributed by atoms with van der Waals surface area (Å²) in [6, 6.07) is 0. The van der Waals surface area contributed by atoms with Gasteiger partial charge in [0.05, 0.1) is 39.6 Å². The fourth-order valence-electron chi connectivity index (χ4n) is 1.87. The van der Waals surface area contributed by atoms with E-state index in [9.17, 15) is 9.59 Å². The van der Waals surface area contributed by atoms with E-state index in [1.165, 1.54) is 0 Å². The van der Waals surface area contributed by atoms with E-state index in [4.69, 9.17) is 33.2 Å². The Morgan fingerprint density at radius 2 is 0.828 bits per heavy atom. The van der Waals surface area contributed by atoms with E-state index in [0.29, 0.717) is 26.4 Å². The van der Waals surface area contributed by atoms with Gasteiger partial charge in [-0.25, -0.2) is 9.59 Å². The van der Waals surface area contributed by atoms with E-state index in [0.717, 1.165) is 38.9 Å². The third-order valence-electron chi connectivity index (χ3n) is 3.45. The fraction of sp³-hybridized carbons (Fsp3) is 0.900. The van der Waals surface area contributed by atoms with Crippen molar-refractivity contribution in [2.75, 3.05) is 79.3 Å². The first kappa shape index (κ1) is 27.7. The Balaban J connectivity index is 3.31. The molecular weight excluding hydrogens is 384 g/mol. The molecular formula is C20H38O9. The normalized spacial score (nSPS) is 10.8. The molecule has 0 fully saturated rings. The number of hydrogen-bond acceptors (Lipinski definition) is 9. The monoisotopic (exact) mass is 422 g/mol. The molecule has 9 nitrogen and oxygen atoms in total. The minimum absolute atomic E-state index is 0.126. The van der Waals surface area contributed by atoms with Gasteiger partial charge in [-0.15, -0.1) is 0 Å². The molecule has 0 aromatic carbocycles. The molecule has 0 rings (SSSR count). The van der Waals surface area contributed by atoms with Gasteiger partial charge >= 0.3 is 11.9 Å². The van der Waals surface area contributed by atoms with Gasteiger partial charge in [0.15, 0.2) is 0 Å². The maximum atomic E-state index is 11.4. The number of esters is 2. The smallest absolute Gasteiger partial charge is 0.332 e. The van der Waals surface area contributed by atoms with E-state index in [1.54, 1.807) is 0 Å². The summed E-state index contributed by atoms with van der Waals surface area (Å²) >= 11 is 0. The summed E-state index contributed by atoms with van der Waals surface area (Å²) in [5.74, 6) is -1.13. The lowest BCUT2D eigenvalue weighted by Crippen LogP contribution is -2.21. The molecule has 0 unspecified atom stereocenters. The summed E-state index contributed by atoms with van der Waals surface area (Å²) in [6.07, 6.45) is 4.27. The molecule has 0 aliphatic carbocycles. The highest BCUT2D eigenvalue weighted by Crippen LogP contribution is 1.90. The highest BCUT2D eigenvalue weighted by Gasteiger charge is 2.07. The Bertz CT molecular complexity index is 343. The van der Waals surface area contributed by atoms with Crippen molar-refractivity contribution in [1.82, 2.24) is 0 Å². The van der Waals surface area contributed by atoms with E-state index < -0.39 is 11.9 Å². The quantitative estimate of drug-likeness (QED) is 0.191. The number of carbonyl (C=O) groups excluding carboxylic acids is 2. The summed E-state index contributed by atoms with van der Waals surface area (Å²) < 4.78 is 36.0. The molecule has 0 saturated heterocycles. The topological polar surface area (TPSA) is 98.8 Å². The molecule has 0 N–H and O–H groups in total. The summed E-state index contributed by atoms with van der Waals surface area (Å²) in [7, 11) is 0. The van der Waals surface area contributed by atoms with E-state index >= 15 is 0 Å². The molecule has 0 aromatic heterocycles. The van der Waals surface area contributed by atoms with Gasteiger partial charge in [-0.2, -0.15) is 0 Å². The van der Waals surface area contributed by atoms with Gasteiger partial charge in [-0.05, 0) is 12.8 Å². The molecule has 0 bridgehead atoms. The van der Waals surface area contributed by atoms with Crippen LogP contribution in [-0.4, -0.2) is 91.2 Å². The van der Waals surface area contributed by atoms with Crippen molar-refractivity contribution in [2.24, 2.45) is 0 Å². The van der Waals surface area contributed by atoms with Crippen molar-refractivity contribution in [3.8, 4) is 0 Å². The Morgan fingerprint density at radius 3 is 1.21 bits per heavy atom. The van der Waals surface area contributed by atoms with Crippen LogP contribution in [0, 0.1) is 0 Å². The minimum atomic E-state index is -0.563. The first-order chi connectivity index (χ1) is 14.2. The molecule has 0 spiro atoms. The highest BCUT2D eigenvalue weighted by molar-refractivity contribution is 5.73. The van der Waals surface area contributed by atoms with Crippen molar-refractivity contribution >= 4 is 11.9 Å². The predicted octanol–water partition coefficient (Wildman–Crippen LogP) is 1.76. The van der Waals surface area contributed by atoms with Crippen LogP contribution in [0.3, 0.4) is 0 Å². The third kappa shape index (κ3) is 22.9. The summed E-state index contributed by atoms with van der Waals surface area (Å²) in [5, 5.41) is 0. The lowest BCUT2D eigenvalue weighted by molar-refractivity contribution is -0.157. The largest absolute Gasteiger partial charge is 0.462 e. The predicted molar refractivity (Wildman–Crippen MR) is 106 cm³/mol. The van der Waals surface area contributed by atoms with Gasteiger partial charge in [-0.3, -0.25) is 0 Å². The number of ether oxygens (including phenoxy) is 7. The van der Waals surface area contributed by atoms with Crippen LogP contribution in [0.25, 0.3) is 0 Å². The molecule has 0 radical (unpaired) electrons. The number of hydrogen-bond donors (Lipinski definition) is 0. The third-order valence-corrected chi connectivity index (χ3v) is 3.45. The maximum absolute atomic E-state index is 11.4. The molecule has 172 valence electrons. The van der Waals surface area contributed by atoms with Crippen molar-refractivity contribution in [1.29, 1.82) is 0 Å². The van der Waals surface area contributed by atoms with Crippen molar-refractivity contribution < 1.29 is 42.7 Å². The Kier molecular flexibility index (Phi) is 22.0. The molecule has 29 heavy (non-hydrogen) atoms. The zero-order valence-electron chi connectivity index (χ0n) is 18.0. The SMILES string of the molecule is CCCCOCCOCCOC(=O)COCC(=O)OCCOCCOCCCC. The second-order valence-electron chi connectivity index (χ2n) is 6.09. The van der Waals surface area contributed by atoms with Gasteiger partial charge in [0, 0.05) is 13.2 Å². The van der Waals surface area contributed by atoms with Crippen LogP contribution in [0.4, 0.5) is 0 Å². The Morgan fingerprint density at radius 1 is 0.483 bits per heavy atom. The average molecular weight is 423 g/mol. The van der Waals surface area contributed by atoms with E-state index in [-0.39, 0.29) is 39.6 Å². The molecule has 0 atom stereocenters. The van der Waals surface area contributed by atoms with Gasteiger partial charge in [0.1, 0.15) is 26.4 Å². The molecule has 0 aliphatic rings. The van der Waals surface area contributed by atoms with E-state index in [2.05, 4.69) is 13.8 Å². The van der Waals surface area contributed by atoms with Crippen LogP contribution in [-0.2, 0) is 42.7 Å². The van der Waals surface area contributed by atoms with Gasteiger partial charge in [0.2, 0.25) is 0 Å². The molecule has 0 heterocycles. The van der Waals surface area contributed by atoms with Crippen molar-refractivity contribution in [3.05, 3.63) is 0 Å². The van der Waals surface area contributed by atoms with E-state index in [1.807, 2.05) is 0 Å². The minimum Gasteiger partial charge on any atom is -0.462 e. The number of carbonyl (C=O) groups is 2. The first-order valence-corrected chi connectivity index (χ1v) is 10.4. The van der Waals surface area contributed by atoms with Crippen molar-refractivity contribution in [3.63, 3.8) is 0 Å². The zero-order valence-corrected chi connectivity index (χ0v) is 18.0. The number of unbranched alkanes of at least 4 members (excludes halogenated alkanes) is 2. The summed E-state index contributed by atoms with van der Waals surface area (Å²) in [4.78, 5) is 22.9. The first-order valence-electron chi connectivity index (χ1n) is 10.4. The van der Waals surface area contributed by atoms with Gasteiger partial charge in [-0.1, -0.05) is 26.7 Å². The van der Waals surface area contributed by atoms with Gasteiger partial charge in [0.25, 0.3) is 0 Å². The second kappa shape index (κ2) is 23.0. The Hall–Kier alpha value is -1.26. The Labute approximate surface area is 174 Å². The maximum Gasteiger partial charge on any atom is 0.332 e. The molecule has 0 amide bonds. The molecule has 0 aromatic rings. The van der Waals surface area contributed by atoms with Crippen LogP contribution in [0.1, 0.15) is 39.5 Å². The molecule has 9 heteroatoms. The van der Waals surface area contributed by atoms with Crippen LogP contribution >= 0.6 is 0 Å². The number of rotatable bonds is 22. The molecule has 0 aliphatic heterocycles. The lowest BCUT2D eigenvalue weighted by Gasteiger charge is -2.08. The van der Waals surface area contributed by atoms with Crippen LogP contribution in [0.15, 0.2) is 0 Å². The van der Waals surface area contributed by atoms with Crippen LogP contribution in [0.5, 0.6) is 0 Å².